The molecule has 0 atom stereocenters. The van der Waals surface area contributed by atoms with Crippen molar-refractivity contribution in [3.05, 3.63) is 60.7 Å². The van der Waals surface area contributed by atoms with Crippen molar-refractivity contribution in [2.24, 2.45) is 0 Å². The summed E-state index contributed by atoms with van der Waals surface area (Å²) in [5.41, 5.74) is 0.0925. The lowest BCUT2D eigenvalue weighted by Gasteiger charge is -2.09. The lowest BCUT2D eigenvalue weighted by molar-refractivity contribution is -0.384. The van der Waals surface area contributed by atoms with Crippen molar-refractivity contribution in [3.63, 3.8) is 0 Å². The molecule has 0 heterocycles. The van der Waals surface area contributed by atoms with Gasteiger partial charge in [-0.25, -0.2) is 0 Å². The first-order valence-corrected chi connectivity index (χ1v) is 7.08. The number of phenolic OH excluding ortho intramolecular Hbond substituents is 1. The minimum atomic E-state index is -0.580. The maximum Gasteiger partial charge on any atom is 0.270 e. The number of carbonyl (C=O) groups excluding carboxylic acids is 1. The normalized spacial score (nSPS) is 10.2. The highest BCUT2D eigenvalue weighted by molar-refractivity contribution is 14.1. The summed E-state index contributed by atoms with van der Waals surface area (Å²) in [5.74, 6) is -0.714. The number of benzene rings is 2. The lowest BCUT2D eigenvalue weighted by Crippen LogP contribution is -2.14. The van der Waals surface area contributed by atoms with Crippen molar-refractivity contribution in [3.8, 4) is 5.75 Å². The molecule has 0 aliphatic rings. The highest BCUT2D eigenvalue weighted by Gasteiger charge is 2.16. The molecule has 2 aromatic rings. The standard InChI is InChI=1S/C13H8ClIN2O4/c14-7-1-4-12(18)11(5-7)16-13(19)9-6-8(17(20)21)2-3-10(9)15/h1-6,18H,(H,16,19). The molecule has 2 N–H and O–H groups in total. The Balaban J connectivity index is 2.34. The van der Waals surface area contributed by atoms with Gasteiger partial charge < -0.3 is 10.4 Å². The van der Waals surface area contributed by atoms with E-state index >= 15 is 0 Å². The molecule has 0 saturated heterocycles. The third kappa shape index (κ3) is 3.61. The van der Waals surface area contributed by atoms with E-state index in [1.807, 2.05) is 22.6 Å². The summed E-state index contributed by atoms with van der Waals surface area (Å²) >= 11 is 7.69. The Kier molecular flexibility index (Phi) is 4.63. The van der Waals surface area contributed by atoms with Gasteiger partial charge in [0, 0.05) is 20.7 Å². The van der Waals surface area contributed by atoms with Gasteiger partial charge in [-0.1, -0.05) is 11.6 Å². The molecular weight excluding hydrogens is 411 g/mol. The maximum atomic E-state index is 12.2. The average Bonchev–Trinajstić information content (AvgIpc) is 2.43. The van der Waals surface area contributed by atoms with Gasteiger partial charge in [0.05, 0.1) is 16.2 Å². The number of nitrogens with one attached hydrogen (secondary N) is 1. The fraction of sp³-hybridized carbons (Fsp3) is 0. The second-order valence-electron chi connectivity index (χ2n) is 4.04. The van der Waals surface area contributed by atoms with Gasteiger partial charge in [-0.3, -0.25) is 14.9 Å². The van der Waals surface area contributed by atoms with Gasteiger partial charge in [-0.05, 0) is 46.9 Å². The number of hydrogen-bond acceptors (Lipinski definition) is 4. The van der Waals surface area contributed by atoms with Gasteiger partial charge >= 0.3 is 0 Å². The predicted molar refractivity (Wildman–Crippen MR) is 86.9 cm³/mol. The Morgan fingerprint density at radius 1 is 1.29 bits per heavy atom. The van der Waals surface area contributed by atoms with Gasteiger partial charge in [-0.2, -0.15) is 0 Å². The van der Waals surface area contributed by atoms with Crippen molar-refractivity contribution < 1.29 is 14.8 Å². The number of rotatable bonds is 3. The van der Waals surface area contributed by atoms with E-state index in [1.54, 1.807) is 0 Å². The molecule has 8 heteroatoms. The molecule has 0 radical (unpaired) electrons. The first-order chi connectivity index (χ1) is 9.88. The maximum absolute atomic E-state index is 12.2. The lowest BCUT2D eigenvalue weighted by atomic mass is 10.2. The summed E-state index contributed by atoms with van der Waals surface area (Å²) in [6, 6.07) is 8.18. The molecule has 0 saturated carbocycles. The van der Waals surface area contributed by atoms with Crippen LogP contribution in [0.4, 0.5) is 11.4 Å². The summed E-state index contributed by atoms with van der Waals surface area (Å²) < 4.78 is 0.553. The van der Waals surface area contributed by atoms with Crippen LogP contribution < -0.4 is 5.32 Å². The minimum absolute atomic E-state index is 0.134. The van der Waals surface area contributed by atoms with Gasteiger partial charge in [0.2, 0.25) is 0 Å². The van der Waals surface area contributed by atoms with Crippen molar-refractivity contribution in [1.82, 2.24) is 0 Å². The van der Waals surface area contributed by atoms with Gasteiger partial charge in [-0.15, -0.1) is 0 Å². The molecule has 0 aliphatic heterocycles. The molecular formula is C13H8ClIN2O4. The summed E-state index contributed by atoms with van der Waals surface area (Å²) in [6.45, 7) is 0. The predicted octanol–water partition coefficient (Wildman–Crippen LogP) is 3.81. The van der Waals surface area contributed by atoms with E-state index in [4.69, 9.17) is 11.6 Å². The summed E-state index contributed by atoms with van der Waals surface area (Å²) in [6.07, 6.45) is 0. The van der Waals surface area contributed by atoms with Crippen molar-refractivity contribution >= 4 is 51.5 Å². The first-order valence-electron chi connectivity index (χ1n) is 5.62. The number of nitro benzene ring substituents is 1. The van der Waals surface area contributed by atoms with Crippen LogP contribution in [0.2, 0.25) is 5.02 Å². The summed E-state index contributed by atoms with van der Waals surface area (Å²) in [5, 5.41) is 23.2. The molecule has 2 rings (SSSR count). The number of amides is 1. The number of aromatic hydroxyl groups is 1. The molecule has 0 fully saturated rings. The van der Waals surface area contributed by atoms with Crippen LogP contribution >= 0.6 is 34.2 Å². The molecule has 2 aromatic carbocycles. The smallest absolute Gasteiger partial charge is 0.270 e. The molecule has 0 spiro atoms. The van der Waals surface area contributed by atoms with Crippen LogP contribution in [0.15, 0.2) is 36.4 Å². The first kappa shape index (κ1) is 15.5. The highest BCUT2D eigenvalue weighted by atomic mass is 127. The van der Waals surface area contributed by atoms with Crippen LogP contribution in [0.1, 0.15) is 10.4 Å². The zero-order valence-corrected chi connectivity index (χ0v) is 13.3. The van der Waals surface area contributed by atoms with Crippen LogP contribution in [0.3, 0.4) is 0 Å². The molecule has 108 valence electrons. The van der Waals surface area contributed by atoms with E-state index in [0.717, 1.165) is 0 Å². The fourth-order valence-corrected chi connectivity index (χ4v) is 2.35. The van der Waals surface area contributed by atoms with E-state index < -0.39 is 10.8 Å². The van der Waals surface area contributed by atoms with E-state index in [9.17, 15) is 20.0 Å². The molecule has 21 heavy (non-hydrogen) atoms. The number of non-ortho nitro benzene ring substituents is 1. The fourth-order valence-electron chi connectivity index (χ4n) is 1.60. The van der Waals surface area contributed by atoms with Gasteiger partial charge in [0.15, 0.2) is 0 Å². The number of halogens is 2. The molecule has 0 unspecified atom stereocenters. The second-order valence-corrected chi connectivity index (χ2v) is 5.64. The van der Waals surface area contributed by atoms with Crippen molar-refractivity contribution in [2.45, 2.75) is 0 Å². The van der Waals surface area contributed by atoms with Gasteiger partial charge in [0.25, 0.3) is 11.6 Å². The SMILES string of the molecule is O=C(Nc1cc(Cl)ccc1O)c1cc([N+](=O)[O-])ccc1I. The Morgan fingerprint density at radius 2 is 2.00 bits per heavy atom. The van der Waals surface area contributed by atoms with Crippen molar-refractivity contribution in [2.75, 3.05) is 5.32 Å². The number of carbonyl (C=O) groups is 1. The largest absolute Gasteiger partial charge is 0.506 e. The zero-order valence-electron chi connectivity index (χ0n) is 10.3. The molecule has 0 bridgehead atoms. The van der Waals surface area contributed by atoms with Crippen LogP contribution in [0.25, 0.3) is 0 Å². The quantitative estimate of drug-likeness (QED) is 0.343. The van der Waals surface area contributed by atoms with Crippen LogP contribution in [0, 0.1) is 13.7 Å². The van der Waals surface area contributed by atoms with E-state index in [-0.39, 0.29) is 22.7 Å². The highest BCUT2D eigenvalue weighted by Crippen LogP contribution is 2.28. The Hall–Kier alpha value is -1.87. The Bertz CT molecular complexity index is 736. The van der Waals surface area contributed by atoms with Gasteiger partial charge in [0.1, 0.15) is 5.75 Å². The third-order valence-electron chi connectivity index (χ3n) is 2.61. The molecule has 6 nitrogen and oxygen atoms in total. The molecule has 0 aliphatic carbocycles. The van der Waals surface area contributed by atoms with E-state index in [1.165, 1.54) is 36.4 Å². The van der Waals surface area contributed by atoms with E-state index in [0.29, 0.717) is 8.59 Å². The number of hydrogen-bond donors (Lipinski definition) is 2. The van der Waals surface area contributed by atoms with Crippen LogP contribution in [-0.2, 0) is 0 Å². The van der Waals surface area contributed by atoms with E-state index in [2.05, 4.69) is 5.32 Å². The topological polar surface area (TPSA) is 92.5 Å². The van der Waals surface area contributed by atoms with Crippen molar-refractivity contribution in [1.29, 1.82) is 0 Å². The Labute approximate surface area is 138 Å². The number of anilines is 1. The number of nitro groups is 1. The van der Waals surface area contributed by atoms with Crippen LogP contribution in [0.5, 0.6) is 5.75 Å². The summed E-state index contributed by atoms with van der Waals surface area (Å²) in [4.78, 5) is 22.4. The third-order valence-corrected chi connectivity index (χ3v) is 3.79. The van der Waals surface area contributed by atoms with Crippen LogP contribution in [-0.4, -0.2) is 15.9 Å². The summed E-state index contributed by atoms with van der Waals surface area (Å²) in [7, 11) is 0. The monoisotopic (exact) mass is 418 g/mol. The average molecular weight is 419 g/mol. The number of phenols is 1. The minimum Gasteiger partial charge on any atom is -0.506 e. The second kappa shape index (κ2) is 6.27. The molecule has 0 aromatic heterocycles. The zero-order chi connectivity index (χ0) is 15.6. The molecule has 1 amide bonds. The number of nitrogens with zero attached hydrogens (tertiary/aromatic N) is 1. The Morgan fingerprint density at radius 3 is 2.67 bits per heavy atom.